The summed E-state index contributed by atoms with van der Waals surface area (Å²) in [4.78, 5) is 12.3. The van der Waals surface area contributed by atoms with Gasteiger partial charge in [0.15, 0.2) is 10.2 Å². The highest BCUT2D eigenvalue weighted by atomic mass is 32.1. The molecular weight excluding hydrogens is 440 g/mol. The average molecular weight is 465 g/mol. The van der Waals surface area contributed by atoms with Gasteiger partial charge in [0.25, 0.3) is 5.91 Å². The normalized spacial score (nSPS) is 9.94. The smallest absolute Gasteiger partial charge is 0.269 e. The van der Waals surface area contributed by atoms with Gasteiger partial charge in [0.05, 0.1) is 5.69 Å². The average Bonchev–Trinajstić information content (AvgIpc) is 2.76. The van der Waals surface area contributed by atoms with Crippen LogP contribution in [-0.4, -0.2) is 16.1 Å². The Morgan fingerprint density at radius 2 is 1.19 bits per heavy atom. The SMILES string of the molecule is Cc1cccc(NC(=S)NNC(=O)c2ccc(NNC(=S)Nc3cccc(C)c3)cc2)c1. The molecule has 0 aromatic heterocycles. The Morgan fingerprint density at radius 1 is 0.656 bits per heavy atom. The minimum Gasteiger partial charge on any atom is -0.331 e. The van der Waals surface area contributed by atoms with Crippen molar-refractivity contribution in [3.05, 3.63) is 89.5 Å². The molecule has 0 bridgehead atoms. The van der Waals surface area contributed by atoms with Crippen molar-refractivity contribution in [2.75, 3.05) is 16.1 Å². The fraction of sp³-hybridized carbons (Fsp3) is 0.0870. The van der Waals surface area contributed by atoms with Crippen LogP contribution < -0.4 is 32.3 Å². The molecule has 6 N–H and O–H groups in total. The van der Waals surface area contributed by atoms with Crippen molar-refractivity contribution >= 4 is 57.6 Å². The molecule has 0 aliphatic rings. The number of carbonyl (C=O) groups is 1. The largest absolute Gasteiger partial charge is 0.331 e. The summed E-state index contributed by atoms with van der Waals surface area (Å²) in [6, 6.07) is 22.6. The number of nitrogens with one attached hydrogen (secondary N) is 6. The third kappa shape index (κ3) is 7.22. The Labute approximate surface area is 197 Å². The molecule has 0 spiro atoms. The highest BCUT2D eigenvalue weighted by Gasteiger charge is 2.06. The van der Waals surface area contributed by atoms with Crippen LogP contribution in [0.15, 0.2) is 72.8 Å². The van der Waals surface area contributed by atoms with Gasteiger partial charge in [0.2, 0.25) is 0 Å². The Morgan fingerprint density at radius 3 is 1.72 bits per heavy atom. The summed E-state index contributed by atoms with van der Waals surface area (Å²) in [5.74, 6) is -0.311. The molecular formula is C23H24N6OS2. The summed E-state index contributed by atoms with van der Waals surface area (Å²) >= 11 is 10.5. The Bertz CT molecular complexity index is 1120. The van der Waals surface area contributed by atoms with Crippen molar-refractivity contribution in [3.8, 4) is 0 Å². The molecule has 0 saturated carbocycles. The molecule has 0 saturated heterocycles. The third-order valence-corrected chi connectivity index (χ3v) is 4.72. The number of benzene rings is 3. The second-order valence-electron chi connectivity index (χ2n) is 7.05. The zero-order valence-electron chi connectivity index (χ0n) is 17.7. The predicted molar refractivity (Wildman–Crippen MR) is 139 cm³/mol. The summed E-state index contributed by atoms with van der Waals surface area (Å²) in [5, 5.41) is 6.83. The molecule has 0 aliphatic carbocycles. The van der Waals surface area contributed by atoms with E-state index in [1.807, 2.05) is 62.4 Å². The van der Waals surface area contributed by atoms with E-state index >= 15 is 0 Å². The number of rotatable bonds is 5. The number of carbonyl (C=O) groups excluding carboxylic acids is 1. The van der Waals surface area contributed by atoms with Crippen LogP contribution in [0.5, 0.6) is 0 Å². The molecule has 3 aromatic rings. The number of hydrazine groups is 2. The monoisotopic (exact) mass is 464 g/mol. The fourth-order valence-corrected chi connectivity index (χ4v) is 3.13. The molecule has 3 rings (SSSR count). The van der Waals surface area contributed by atoms with Gasteiger partial charge >= 0.3 is 0 Å². The lowest BCUT2D eigenvalue weighted by Crippen LogP contribution is -2.43. The van der Waals surface area contributed by atoms with Crippen molar-refractivity contribution in [1.82, 2.24) is 16.3 Å². The molecule has 0 radical (unpaired) electrons. The zero-order valence-corrected chi connectivity index (χ0v) is 19.3. The van der Waals surface area contributed by atoms with Gasteiger partial charge in [-0.05, 0) is 97.9 Å². The molecule has 0 unspecified atom stereocenters. The molecule has 7 nitrogen and oxygen atoms in total. The maximum absolute atomic E-state index is 12.3. The standard InChI is InChI=1S/C23H24N6OS2/c1-15-5-3-7-19(13-15)24-22(31)28-26-18-11-9-17(10-12-18)21(30)27-29-23(32)25-20-8-4-6-16(2)14-20/h3-14,26H,1-2H3,(H,27,30)(H2,24,28,31)(H2,25,29,32). The van der Waals surface area contributed by atoms with Gasteiger partial charge in [-0.15, -0.1) is 0 Å². The maximum atomic E-state index is 12.3. The Kier molecular flexibility index (Phi) is 7.96. The van der Waals surface area contributed by atoms with E-state index in [0.717, 1.165) is 28.2 Å². The van der Waals surface area contributed by atoms with Gasteiger partial charge in [-0.2, -0.15) is 0 Å². The van der Waals surface area contributed by atoms with Crippen LogP contribution in [0.25, 0.3) is 0 Å². The molecule has 0 heterocycles. The molecule has 1 amide bonds. The lowest BCUT2D eigenvalue weighted by atomic mass is 10.2. The van der Waals surface area contributed by atoms with Crippen molar-refractivity contribution in [1.29, 1.82) is 0 Å². The predicted octanol–water partition coefficient (Wildman–Crippen LogP) is 4.25. The first-order chi connectivity index (χ1) is 15.4. The minimum absolute atomic E-state index is 0.293. The highest BCUT2D eigenvalue weighted by molar-refractivity contribution is 7.80. The number of hydrogen-bond donors (Lipinski definition) is 6. The Balaban J connectivity index is 1.43. The maximum Gasteiger partial charge on any atom is 0.269 e. The summed E-state index contributed by atoms with van der Waals surface area (Å²) in [7, 11) is 0. The molecule has 0 atom stereocenters. The topological polar surface area (TPSA) is 89.2 Å². The van der Waals surface area contributed by atoms with E-state index in [-0.39, 0.29) is 5.91 Å². The van der Waals surface area contributed by atoms with Gasteiger partial charge in [-0.3, -0.25) is 26.5 Å². The van der Waals surface area contributed by atoms with Crippen molar-refractivity contribution in [3.63, 3.8) is 0 Å². The second-order valence-corrected chi connectivity index (χ2v) is 7.87. The van der Waals surface area contributed by atoms with Crippen LogP contribution in [0.4, 0.5) is 17.1 Å². The minimum atomic E-state index is -0.311. The number of amides is 1. The van der Waals surface area contributed by atoms with Gasteiger partial charge < -0.3 is 10.6 Å². The van der Waals surface area contributed by atoms with Crippen LogP contribution in [-0.2, 0) is 0 Å². The summed E-state index contributed by atoms with van der Waals surface area (Å²) < 4.78 is 0. The van der Waals surface area contributed by atoms with Crippen molar-refractivity contribution in [2.24, 2.45) is 0 Å². The van der Waals surface area contributed by atoms with Gasteiger partial charge in [0.1, 0.15) is 0 Å². The number of hydrogen-bond acceptors (Lipinski definition) is 4. The summed E-state index contributed by atoms with van der Waals surface area (Å²) in [5.41, 5.74) is 16.4. The van der Waals surface area contributed by atoms with Gasteiger partial charge in [0, 0.05) is 16.9 Å². The van der Waals surface area contributed by atoms with Crippen LogP contribution in [0.1, 0.15) is 21.5 Å². The first kappa shape index (κ1) is 23.0. The van der Waals surface area contributed by atoms with Crippen LogP contribution in [0.2, 0.25) is 0 Å². The third-order valence-electron chi connectivity index (χ3n) is 4.31. The number of anilines is 3. The number of aryl methyl sites for hydroxylation is 2. The van der Waals surface area contributed by atoms with Crippen LogP contribution in [0, 0.1) is 13.8 Å². The first-order valence-corrected chi connectivity index (χ1v) is 10.6. The molecule has 0 fully saturated rings. The van der Waals surface area contributed by atoms with Gasteiger partial charge in [-0.1, -0.05) is 24.3 Å². The lowest BCUT2D eigenvalue weighted by Gasteiger charge is -2.14. The van der Waals surface area contributed by atoms with E-state index in [2.05, 4.69) is 32.3 Å². The fourth-order valence-electron chi connectivity index (χ4n) is 2.79. The lowest BCUT2D eigenvalue weighted by molar-refractivity contribution is 0.0944. The highest BCUT2D eigenvalue weighted by Crippen LogP contribution is 2.11. The molecule has 164 valence electrons. The molecule has 32 heavy (non-hydrogen) atoms. The van der Waals surface area contributed by atoms with E-state index < -0.39 is 0 Å². The Hall–Kier alpha value is -3.69. The molecule has 9 heteroatoms. The second kappa shape index (κ2) is 11.1. The zero-order chi connectivity index (χ0) is 22.9. The van der Waals surface area contributed by atoms with E-state index in [4.69, 9.17) is 24.4 Å². The van der Waals surface area contributed by atoms with Gasteiger partial charge in [-0.25, -0.2) is 0 Å². The quantitative estimate of drug-likeness (QED) is 0.247. The van der Waals surface area contributed by atoms with Crippen molar-refractivity contribution in [2.45, 2.75) is 13.8 Å². The van der Waals surface area contributed by atoms with Crippen molar-refractivity contribution < 1.29 is 4.79 Å². The van der Waals surface area contributed by atoms with E-state index in [0.29, 0.717) is 15.8 Å². The van der Waals surface area contributed by atoms with Crippen LogP contribution in [0.3, 0.4) is 0 Å². The molecule has 3 aromatic carbocycles. The number of thiocarbonyl (C=S) groups is 2. The van der Waals surface area contributed by atoms with E-state index in [9.17, 15) is 4.79 Å². The summed E-state index contributed by atoms with van der Waals surface area (Å²) in [6.45, 7) is 4.01. The summed E-state index contributed by atoms with van der Waals surface area (Å²) in [6.07, 6.45) is 0. The first-order valence-electron chi connectivity index (χ1n) is 9.83. The molecule has 0 aliphatic heterocycles. The van der Waals surface area contributed by atoms with Crippen LogP contribution >= 0.6 is 24.4 Å². The van der Waals surface area contributed by atoms with E-state index in [1.165, 1.54) is 0 Å². The van der Waals surface area contributed by atoms with E-state index in [1.54, 1.807) is 24.3 Å².